The van der Waals surface area contributed by atoms with Crippen molar-refractivity contribution in [2.45, 2.75) is 59.7 Å². The summed E-state index contributed by atoms with van der Waals surface area (Å²) in [5, 5.41) is 5.52. The van der Waals surface area contributed by atoms with Crippen molar-refractivity contribution in [1.82, 2.24) is 20.5 Å². The van der Waals surface area contributed by atoms with E-state index in [0.717, 1.165) is 21.7 Å². The zero-order chi connectivity index (χ0) is 24.3. The second kappa shape index (κ2) is 9.82. The minimum Gasteiger partial charge on any atom is -0.350 e. The molecular weight excluding hydrogens is 440 g/mol. The third kappa shape index (κ3) is 5.84. The van der Waals surface area contributed by atoms with E-state index < -0.39 is 23.4 Å². The molecule has 33 heavy (non-hydrogen) atoms. The van der Waals surface area contributed by atoms with E-state index in [1.807, 2.05) is 57.5 Å². The van der Waals surface area contributed by atoms with Crippen LogP contribution < -0.4 is 10.6 Å². The van der Waals surface area contributed by atoms with Gasteiger partial charge in [0.05, 0.1) is 22.6 Å². The zero-order valence-corrected chi connectivity index (χ0v) is 20.4. The summed E-state index contributed by atoms with van der Waals surface area (Å²) in [6.45, 7) is 8.94. The second-order valence-electron chi connectivity index (χ2n) is 9.41. The fourth-order valence-corrected chi connectivity index (χ4v) is 4.65. The normalized spacial score (nSPS) is 17.1. The largest absolute Gasteiger partial charge is 0.350 e. The smallest absolute Gasteiger partial charge is 0.246 e. The maximum Gasteiger partial charge on any atom is 0.246 e. The van der Waals surface area contributed by atoms with Crippen LogP contribution in [0.25, 0.3) is 10.4 Å². The number of benzene rings is 1. The number of aryl methyl sites for hydroxylation is 1. The molecule has 3 amide bonds. The van der Waals surface area contributed by atoms with E-state index in [9.17, 15) is 19.2 Å². The number of carbonyl (C=O) groups excluding carboxylic acids is 4. The first kappa shape index (κ1) is 24.6. The van der Waals surface area contributed by atoms with Crippen LogP contribution >= 0.6 is 11.3 Å². The van der Waals surface area contributed by atoms with E-state index >= 15 is 0 Å². The van der Waals surface area contributed by atoms with Gasteiger partial charge in [-0.2, -0.15) is 0 Å². The Morgan fingerprint density at radius 1 is 1.21 bits per heavy atom. The first-order valence-corrected chi connectivity index (χ1v) is 11.7. The van der Waals surface area contributed by atoms with E-state index in [4.69, 9.17) is 0 Å². The number of Topliss-reactive ketones (excluding diaryl/α,β-unsaturated/α-hetero) is 1. The molecule has 0 spiro atoms. The van der Waals surface area contributed by atoms with Crippen LogP contribution in [0.1, 0.15) is 45.4 Å². The number of hydrogen-bond donors (Lipinski definition) is 2. The summed E-state index contributed by atoms with van der Waals surface area (Å²) in [5.41, 5.74) is 4.18. The Bertz CT molecular complexity index is 1060. The Balaban J connectivity index is 1.68. The van der Waals surface area contributed by atoms with E-state index in [0.29, 0.717) is 0 Å². The van der Waals surface area contributed by atoms with Crippen LogP contribution in [0.15, 0.2) is 29.8 Å². The van der Waals surface area contributed by atoms with Crippen molar-refractivity contribution in [2.75, 3.05) is 6.54 Å². The van der Waals surface area contributed by atoms with Crippen molar-refractivity contribution in [1.29, 1.82) is 0 Å². The molecule has 2 atom stereocenters. The maximum absolute atomic E-state index is 13.2. The highest BCUT2D eigenvalue weighted by Crippen LogP contribution is 2.27. The standard InChI is InChI=1S/C24H30N4O4S/c1-14-20(33-13-26-14)17-8-6-16(7-9-17)11-25-22(31)19-10-18(30)12-28(19)23(32)21(24(3,4)5)27-15(2)29/h6-9,13,19,21H,10-12H2,1-5H3,(H,25,31)(H,27,29)/t19-,21+/m0/s1. The van der Waals surface area contributed by atoms with Crippen LogP contribution in [0.3, 0.4) is 0 Å². The minimum absolute atomic E-state index is 0.0297. The number of thiazole rings is 1. The van der Waals surface area contributed by atoms with Crippen LogP contribution in [0, 0.1) is 12.3 Å². The average molecular weight is 471 g/mol. The monoisotopic (exact) mass is 470 g/mol. The Morgan fingerprint density at radius 3 is 2.42 bits per heavy atom. The molecule has 1 aliphatic rings. The molecule has 2 heterocycles. The first-order valence-electron chi connectivity index (χ1n) is 10.8. The third-order valence-electron chi connectivity index (χ3n) is 5.62. The number of rotatable bonds is 6. The van der Waals surface area contributed by atoms with Crippen molar-refractivity contribution in [3.8, 4) is 10.4 Å². The Labute approximate surface area is 197 Å². The number of nitrogens with one attached hydrogen (secondary N) is 2. The van der Waals surface area contributed by atoms with E-state index in [2.05, 4.69) is 15.6 Å². The molecule has 0 saturated carbocycles. The number of amides is 3. The molecule has 1 aromatic heterocycles. The molecule has 0 unspecified atom stereocenters. The lowest BCUT2D eigenvalue weighted by atomic mass is 9.85. The lowest BCUT2D eigenvalue weighted by Gasteiger charge is -2.34. The first-order chi connectivity index (χ1) is 15.5. The van der Waals surface area contributed by atoms with Crippen LogP contribution in [0.4, 0.5) is 0 Å². The average Bonchev–Trinajstić information content (AvgIpc) is 3.35. The molecule has 1 aliphatic heterocycles. The molecule has 9 heteroatoms. The van der Waals surface area contributed by atoms with Gasteiger partial charge in [0.15, 0.2) is 5.78 Å². The van der Waals surface area contributed by atoms with Crippen LogP contribution in [0.2, 0.25) is 0 Å². The number of nitrogens with zero attached hydrogens (tertiary/aromatic N) is 2. The van der Waals surface area contributed by atoms with Gasteiger partial charge in [0.1, 0.15) is 12.1 Å². The molecule has 0 aliphatic carbocycles. The summed E-state index contributed by atoms with van der Waals surface area (Å²) in [7, 11) is 0. The van der Waals surface area contributed by atoms with Gasteiger partial charge in [-0.1, -0.05) is 45.0 Å². The molecule has 1 fully saturated rings. The molecule has 1 saturated heterocycles. The molecular formula is C24H30N4O4S. The van der Waals surface area contributed by atoms with Gasteiger partial charge in [0.2, 0.25) is 17.7 Å². The summed E-state index contributed by atoms with van der Waals surface area (Å²) in [6.07, 6.45) is -0.0297. The molecule has 3 rings (SSSR count). The van der Waals surface area contributed by atoms with Gasteiger partial charge in [-0.05, 0) is 23.5 Å². The quantitative estimate of drug-likeness (QED) is 0.674. The van der Waals surface area contributed by atoms with Gasteiger partial charge in [-0.3, -0.25) is 19.2 Å². The Hall–Kier alpha value is -3.07. The predicted molar refractivity (Wildman–Crippen MR) is 126 cm³/mol. The number of hydrogen-bond acceptors (Lipinski definition) is 6. The molecule has 0 bridgehead atoms. The van der Waals surface area contributed by atoms with E-state index in [1.54, 1.807) is 11.3 Å². The summed E-state index contributed by atoms with van der Waals surface area (Å²) >= 11 is 1.58. The Kier molecular flexibility index (Phi) is 7.31. The molecule has 1 aromatic carbocycles. The van der Waals surface area contributed by atoms with Gasteiger partial charge in [-0.25, -0.2) is 4.98 Å². The highest BCUT2D eigenvalue weighted by Gasteiger charge is 2.44. The van der Waals surface area contributed by atoms with Crippen molar-refractivity contribution in [3.63, 3.8) is 0 Å². The number of ketones is 1. The number of aromatic nitrogens is 1. The van der Waals surface area contributed by atoms with Gasteiger partial charge in [-0.15, -0.1) is 11.3 Å². The predicted octanol–water partition coefficient (Wildman–Crippen LogP) is 2.46. The topological polar surface area (TPSA) is 108 Å². The fourth-order valence-electron chi connectivity index (χ4n) is 3.83. The Morgan fingerprint density at radius 2 is 1.88 bits per heavy atom. The minimum atomic E-state index is -0.886. The highest BCUT2D eigenvalue weighted by atomic mass is 32.1. The maximum atomic E-state index is 13.2. The number of carbonyl (C=O) groups is 4. The lowest BCUT2D eigenvalue weighted by Crippen LogP contribution is -2.57. The molecule has 0 radical (unpaired) electrons. The summed E-state index contributed by atoms with van der Waals surface area (Å²) in [4.78, 5) is 56.6. The third-order valence-corrected chi connectivity index (χ3v) is 6.60. The van der Waals surface area contributed by atoms with Gasteiger partial charge in [0, 0.05) is 19.9 Å². The van der Waals surface area contributed by atoms with Gasteiger partial charge >= 0.3 is 0 Å². The fraction of sp³-hybridized carbons (Fsp3) is 0.458. The van der Waals surface area contributed by atoms with Crippen LogP contribution in [-0.2, 0) is 25.7 Å². The SMILES string of the molecule is CC(=O)N[C@H](C(=O)N1CC(=O)C[C@H]1C(=O)NCc1ccc(-c2scnc2C)cc1)C(C)(C)C. The lowest BCUT2D eigenvalue weighted by molar-refractivity contribution is -0.143. The second-order valence-corrected chi connectivity index (χ2v) is 10.3. The van der Waals surface area contributed by atoms with E-state index in [1.165, 1.54) is 11.8 Å². The van der Waals surface area contributed by atoms with Crippen molar-refractivity contribution in [3.05, 3.63) is 41.0 Å². The van der Waals surface area contributed by atoms with Gasteiger partial charge in [0.25, 0.3) is 0 Å². The van der Waals surface area contributed by atoms with Crippen molar-refractivity contribution in [2.24, 2.45) is 5.41 Å². The molecule has 8 nitrogen and oxygen atoms in total. The van der Waals surface area contributed by atoms with Crippen LogP contribution in [-0.4, -0.2) is 52.0 Å². The molecule has 176 valence electrons. The van der Waals surface area contributed by atoms with Crippen LogP contribution in [0.5, 0.6) is 0 Å². The van der Waals surface area contributed by atoms with Gasteiger partial charge < -0.3 is 15.5 Å². The highest BCUT2D eigenvalue weighted by molar-refractivity contribution is 7.13. The number of likely N-dealkylation sites (tertiary alicyclic amines) is 1. The zero-order valence-electron chi connectivity index (χ0n) is 19.6. The van der Waals surface area contributed by atoms with E-state index in [-0.39, 0.29) is 37.1 Å². The summed E-state index contributed by atoms with van der Waals surface area (Å²) < 4.78 is 0. The molecule has 2 aromatic rings. The van der Waals surface area contributed by atoms with Crippen molar-refractivity contribution < 1.29 is 19.2 Å². The summed E-state index contributed by atoms with van der Waals surface area (Å²) in [6, 6.07) is 6.12. The molecule has 2 N–H and O–H groups in total. The summed E-state index contributed by atoms with van der Waals surface area (Å²) in [5.74, 6) is -1.32. The van der Waals surface area contributed by atoms with Crippen molar-refractivity contribution >= 4 is 34.8 Å².